The number of hydrogen-bond donors (Lipinski definition) is 0. The van der Waals surface area contributed by atoms with Crippen LogP contribution in [0.4, 0.5) is 13.2 Å². The van der Waals surface area contributed by atoms with Crippen molar-refractivity contribution in [2.45, 2.75) is 86.0 Å². The number of carbonyl (C=O) groups is 1. The quantitative estimate of drug-likeness (QED) is 0.330. The summed E-state index contributed by atoms with van der Waals surface area (Å²) in [5.41, 5.74) is -1.49. The molecule has 1 unspecified atom stereocenters. The second-order valence-corrected chi connectivity index (χ2v) is 10.8. The van der Waals surface area contributed by atoms with Crippen molar-refractivity contribution in [1.82, 2.24) is 9.97 Å². The van der Waals surface area contributed by atoms with Crippen LogP contribution in [0.3, 0.4) is 0 Å². The fourth-order valence-electron chi connectivity index (χ4n) is 3.54. The van der Waals surface area contributed by atoms with E-state index in [1.165, 1.54) is 0 Å². The summed E-state index contributed by atoms with van der Waals surface area (Å²) >= 11 is 0. The number of carbonyl (C=O) groups excluding carboxylic acids is 1. The van der Waals surface area contributed by atoms with Gasteiger partial charge in [0.1, 0.15) is 12.4 Å². The largest absolute Gasteiger partial charge is 0.493 e. The van der Waals surface area contributed by atoms with Gasteiger partial charge in [-0.3, -0.25) is 4.79 Å². The van der Waals surface area contributed by atoms with Crippen LogP contribution in [0.2, 0.25) is 0 Å². The lowest BCUT2D eigenvalue weighted by molar-refractivity contribution is -0.149. The number of benzene rings is 1. The minimum absolute atomic E-state index is 0.273. The molecule has 0 aliphatic heterocycles. The summed E-state index contributed by atoms with van der Waals surface area (Å²) in [5.74, 6) is -5.31. The summed E-state index contributed by atoms with van der Waals surface area (Å²) in [6.45, 7) is 13.6. The van der Waals surface area contributed by atoms with E-state index in [2.05, 4.69) is 9.97 Å². The average molecular weight is 497 g/mol. The Morgan fingerprint density at radius 3 is 1.91 bits per heavy atom. The van der Waals surface area contributed by atoms with Gasteiger partial charge in [0.05, 0.1) is 36.9 Å². The van der Waals surface area contributed by atoms with Gasteiger partial charge >= 0.3 is 5.97 Å². The van der Waals surface area contributed by atoms with E-state index in [0.717, 1.165) is 7.11 Å². The molecule has 0 aliphatic carbocycles. The molecular formula is C26H35F3N2O4. The number of nitrogens with zero attached hydrogens (tertiary/aromatic N) is 2. The lowest BCUT2D eigenvalue weighted by Crippen LogP contribution is -2.29. The molecule has 0 N–H and O–H groups in total. The summed E-state index contributed by atoms with van der Waals surface area (Å²) in [4.78, 5) is 21.9. The number of hydrogen-bond acceptors (Lipinski definition) is 6. The Labute approximate surface area is 205 Å². The second kappa shape index (κ2) is 10.9. The van der Waals surface area contributed by atoms with Gasteiger partial charge in [-0.1, -0.05) is 41.5 Å². The first-order valence-electron chi connectivity index (χ1n) is 11.4. The molecule has 0 amide bonds. The van der Waals surface area contributed by atoms with Crippen molar-refractivity contribution >= 4 is 5.97 Å². The van der Waals surface area contributed by atoms with Crippen LogP contribution in [0.1, 0.15) is 83.8 Å². The van der Waals surface area contributed by atoms with Crippen molar-refractivity contribution < 1.29 is 32.2 Å². The molecule has 0 bridgehead atoms. The van der Waals surface area contributed by atoms with Gasteiger partial charge in [0.25, 0.3) is 0 Å². The van der Waals surface area contributed by atoms with E-state index in [-0.39, 0.29) is 11.5 Å². The van der Waals surface area contributed by atoms with Crippen molar-refractivity contribution in [3.8, 4) is 5.75 Å². The zero-order valence-corrected chi connectivity index (χ0v) is 21.9. The van der Waals surface area contributed by atoms with E-state index in [9.17, 15) is 18.0 Å². The smallest absolute Gasteiger partial charge is 0.314 e. The van der Waals surface area contributed by atoms with Crippen molar-refractivity contribution in [3.63, 3.8) is 0 Å². The molecule has 0 radical (unpaired) electrons. The van der Waals surface area contributed by atoms with E-state index in [1.54, 1.807) is 26.2 Å². The highest BCUT2D eigenvalue weighted by Crippen LogP contribution is 2.37. The van der Waals surface area contributed by atoms with Crippen LogP contribution >= 0.6 is 0 Å². The van der Waals surface area contributed by atoms with E-state index >= 15 is 0 Å². The lowest BCUT2D eigenvalue weighted by Gasteiger charge is -2.29. The fraction of sp³-hybridized carbons (Fsp3) is 0.577. The number of aromatic nitrogens is 2. The number of rotatable bonds is 8. The van der Waals surface area contributed by atoms with Crippen LogP contribution in [-0.2, 0) is 32.9 Å². The van der Waals surface area contributed by atoms with E-state index < -0.39 is 64.8 Å². The Morgan fingerprint density at radius 2 is 1.46 bits per heavy atom. The molecule has 1 heterocycles. The molecule has 0 saturated heterocycles. The lowest BCUT2D eigenvalue weighted by atomic mass is 9.77. The van der Waals surface area contributed by atoms with Gasteiger partial charge in [-0.2, -0.15) is 0 Å². The molecule has 35 heavy (non-hydrogen) atoms. The number of methoxy groups -OCH3 is 1. The Kier molecular flexibility index (Phi) is 8.92. The summed E-state index contributed by atoms with van der Waals surface area (Å²) in [7, 11) is 1.13. The topological polar surface area (TPSA) is 70.5 Å². The van der Waals surface area contributed by atoms with Gasteiger partial charge in [0.2, 0.25) is 0 Å². The van der Waals surface area contributed by atoms with Gasteiger partial charge < -0.3 is 14.2 Å². The third kappa shape index (κ3) is 6.72. The first kappa shape index (κ1) is 28.6. The van der Waals surface area contributed by atoms with Crippen molar-refractivity contribution in [3.05, 3.63) is 52.4 Å². The third-order valence-corrected chi connectivity index (χ3v) is 5.36. The van der Waals surface area contributed by atoms with Gasteiger partial charge in [-0.15, -0.1) is 0 Å². The van der Waals surface area contributed by atoms with Gasteiger partial charge in [0, 0.05) is 23.4 Å². The summed E-state index contributed by atoms with van der Waals surface area (Å²) < 4.78 is 60.1. The third-order valence-electron chi connectivity index (χ3n) is 5.36. The molecule has 6 nitrogen and oxygen atoms in total. The Balaban J connectivity index is 2.36. The molecule has 194 valence electrons. The predicted octanol–water partition coefficient (Wildman–Crippen LogP) is 6.00. The van der Waals surface area contributed by atoms with Crippen LogP contribution in [-0.4, -0.2) is 29.2 Å². The van der Waals surface area contributed by atoms with Crippen LogP contribution in [0.15, 0.2) is 12.4 Å². The van der Waals surface area contributed by atoms with Crippen LogP contribution < -0.4 is 4.74 Å². The van der Waals surface area contributed by atoms with Crippen molar-refractivity contribution in [1.29, 1.82) is 0 Å². The molecule has 9 heteroatoms. The Hall–Kier alpha value is -2.68. The van der Waals surface area contributed by atoms with Gasteiger partial charge in [-0.25, -0.2) is 23.1 Å². The predicted molar refractivity (Wildman–Crippen MR) is 126 cm³/mol. The van der Waals surface area contributed by atoms with Gasteiger partial charge in [0.15, 0.2) is 23.2 Å². The SMILES string of the molecule is COc1c(F)c(COC(C)C)c(F)c(F)c1COC(=O)C(c1cnc(C(C)(C)C)nc1)C(C)(C)C. The maximum Gasteiger partial charge on any atom is 0.314 e. The van der Waals surface area contributed by atoms with Crippen molar-refractivity contribution in [2.75, 3.05) is 7.11 Å². The summed E-state index contributed by atoms with van der Waals surface area (Å²) in [6.07, 6.45) is 2.81. The zero-order chi connectivity index (χ0) is 26.7. The molecule has 1 aromatic carbocycles. The Bertz CT molecular complexity index is 1040. The Morgan fingerprint density at radius 1 is 0.914 bits per heavy atom. The summed E-state index contributed by atoms with van der Waals surface area (Å²) in [5, 5.41) is 0. The minimum Gasteiger partial charge on any atom is -0.493 e. The highest BCUT2D eigenvalue weighted by molar-refractivity contribution is 5.79. The standard InChI is InChI=1S/C26H35F3N2O4/c1-14(2)34-12-16-19(27)20(28)17(22(33-9)21(16)29)13-35-23(32)18(25(3,4)5)15-10-30-24(31-11-15)26(6,7)8/h10-11,14,18H,12-13H2,1-9H3. The van der Waals surface area contributed by atoms with Crippen LogP contribution in [0, 0.1) is 22.9 Å². The second-order valence-electron chi connectivity index (χ2n) is 10.8. The first-order valence-corrected chi connectivity index (χ1v) is 11.4. The molecule has 2 rings (SSSR count). The first-order chi connectivity index (χ1) is 16.1. The summed E-state index contributed by atoms with van der Waals surface area (Å²) in [6, 6.07) is 0. The monoisotopic (exact) mass is 496 g/mol. The maximum atomic E-state index is 14.9. The molecule has 0 spiro atoms. The minimum atomic E-state index is -1.41. The van der Waals surface area contributed by atoms with Gasteiger partial charge in [-0.05, 0) is 19.3 Å². The van der Waals surface area contributed by atoms with E-state index in [4.69, 9.17) is 14.2 Å². The van der Waals surface area contributed by atoms with E-state index in [0.29, 0.717) is 11.4 Å². The maximum absolute atomic E-state index is 14.9. The number of ether oxygens (including phenoxy) is 3. The molecule has 2 aromatic rings. The van der Waals surface area contributed by atoms with Crippen LogP contribution in [0.25, 0.3) is 0 Å². The molecule has 1 atom stereocenters. The molecule has 0 fully saturated rings. The van der Waals surface area contributed by atoms with E-state index in [1.807, 2.05) is 41.5 Å². The number of esters is 1. The number of halogens is 3. The highest BCUT2D eigenvalue weighted by atomic mass is 19.2. The fourth-order valence-corrected chi connectivity index (χ4v) is 3.54. The molecule has 0 aliphatic rings. The highest BCUT2D eigenvalue weighted by Gasteiger charge is 2.36. The van der Waals surface area contributed by atoms with Crippen molar-refractivity contribution in [2.24, 2.45) is 5.41 Å². The zero-order valence-electron chi connectivity index (χ0n) is 21.9. The molecule has 0 saturated carbocycles. The normalized spacial score (nSPS) is 13.2. The van der Waals surface area contributed by atoms with Crippen LogP contribution in [0.5, 0.6) is 5.75 Å². The average Bonchev–Trinajstić information content (AvgIpc) is 2.73. The molecule has 1 aromatic heterocycles. The molecular weight excluding hydrogens is 461 g/mol.